The van der Waals surface area contributed by atoms with Gasteiger partial charge >= 0.3 is 12.0 Å². The number of carboxylic acids is 1. The minimum atomic E-state index is -1.02. The molecule has 5 rings (SSSR count). The number of thioether (sulfide) groups is 1. The zero-order valence-electron chi connectivity index (χ0n) is 15.5. The van der Waals surface area contributed by atoms with E-state index < -0.39 is 23.3 Å². The average molecular weight is 422 g/mol. The van der Waals surface area contributed by atoms with E-state index in [1.165, 1.54) is 27.9 Å². The molecule has 30 heavy (non-hydrogen) atoms. The standard InChI is InChI=1S/C19H14N6O4S/c1-9-7-13(26)24(12-3-2-5-21-23-12)8-11(9)25-10-4-6-20-17-14(10)15(22-19(25)29)16(30-17)18(27)28/h2-8,15-16H,1H3,(H,22,29)(H,27,28). The Bertz CT molecular complexity index is 1260. The van der Waals surface area contributed by atoms with Crippen molar-refractivity contribution in [1.82, 2.24) is 25.1 Å². The van der Waals surface area contributed by atoms with Gasteiger partial charge in [0.25, 0.3) is 5.56 Å². The Hall–Kier alpha value is -3.73. The highest BCUT2D eigenvalue weighted by molar-refractivity contribution is 8.00. The van der Waals surface area contributed by atoms with Gasteiger partial charge in [-0.05, 0) is 30.7 Å². The molecule has 2 aliphatic rings. The molecule has 150 valence electrons. The van der Waals surface area contributed by atoms with Gasteiger partial charge in [0.2, 0.25) is 0 Å². The van der Waals surface area contributed by atoms with Crippen LogP contribution in [0.2, 0.25) is 0 Å². The lowest BCUT2D eigenvalue weighted by Gasteiger charge is -2.34. The zero-order chi connectivity index (χ0) is 21.0. The number of aliphatic carboxylic acids is 1. The van der Waals surface area contributed by atoms with E-state index in [0.29, 0.717) is 33.3 Å². The van der Waals surface area contributed by atoms with E-state index in [4.69, 9.17) is 0 Å². The van der Waals surface area contributed by atoms with E-state index in [-0.39, 0.29) is 5.56 Å². The first-order chi connectivity index (χ1) is 14.5. The van der Waals surface area contributed by atoms with Crippen molar-refractivity contribution in [2.45, 2.75) is 23.2 Å². The van der Waals surface area contributed by atoms with E-state index >= 15 is 0 Å². The molecule has 10 nitrogen and oxygen atoms in total. The van der Waals surface area contributed by atoms with Gasteiger partial charge in [-0.3, -0.25) is 19.1 Å². The van der Waals surface area contributed by atoms with Crippen LogP contribution >= 0.6 is 11.8 Å². The largest absolute Gasteiger partial charge is 0.480 e. The first-order valence-electron chi connectivity index (χ1n) is 8.96. The van der Waals surface area contributed by atoms with Crippen molar-refractivity contribution in [3.63, 3.8) is 0 Å². The van der Waals surface area contributed by atoms with E-state index in [9.17, 15) is 19.5 Å². The van der Waals surface area contributed by atoms with Crippen LogP contribution in [0.4, 0.5) is 16.2 Å². The number of carbonyl (C=O) groups excluding carboxylic acids is 1. The van der Waals surface area contributed by atoms with Crippen molar-refractivity contribution in [3.05, 3.63) is 64.3 Å². The second kappa shape index (κ2) is 6.66. The quantitative estimate of drug-likeness (QED) is 0.653. The molecule has 0 aliphatic carbocycles. The molecule has 0 bridgehead atoms. The predicted octanol–water partition coefficient (Wildman–Crippen LogP) is 1.79. The molecule has 0 fully saturated rings. The highest BCUT2D eigenvalue weighted by Gasteiger charge is 2.47. The molecule has 3 aromatic heterocycles. The Morgan fingerprint density at radius 2 is 2.07 bits per heavy atom. The second-order valence-electron chi connectivity index (χ2n) is 6.82. The van der Waals surface area contributed by atoms with Crippen LogP contribution < -0.4 is 15.8 Å². The summed E-state index contributed by atoms with van der Waals surface area (Å²) in [4.78, 5) is 43.0. The Balaban J connectivity index is 1.69. The second-order valence-corrected chi connectivity index (χ2v) is 7.95. The van der Waals surface area contributed by atoms with E-state index in [1.807, 2.05) is 0 Å². The molecule has 0 saturated carbocycles. The van der Waals surface area contributed by atoms with Gasteiger partial charge in [-0.1, -0.05) is 11.8 Å². The number of carbonyl (C=O) groups is 2. The van der Waals surface area contributed by atoms with Crippen LogP contribution in [0.5, 0.6) is 0 Å². The van der Waals surface area contributed by atoms with Gasteiger partial charge in [0.05, 0.1) is 17.4 Å². The van der Waals surface area contributed by atoms with Gasteiger partial charge < -0.3 is 10.4 Å². The number of aryl methyl sites for hydroxylation is 1. The lowest BCUT2D eigenvalue weighted by Crippen LogP contribution is -2.47. The van der Waals surface area contributed by atoms with Gasteiger partial charge in [0.15, 0.2) is 5.82 Å². The van der Waals surface area contributed by atoms with Crippen LogP contribution in [0.3, 0.4) is 0 Å². The highest BCUT2D eigenvalue weighted by atomic mass is 32.2. The lowest BCUT2D eigenvalue weighted by molar-refractivity contribution is -0.136. The maximum Gasteiger partial charge on any atom is 0.327 e. The number of pyridine rings is 2. The summed E-state index contributed by atoms with van der Waals surface area (Å²) in [6, 6.07) is 5.22. The highest BCUT2D eigenvalue weighted by Crippen LogP contribution is 2.50. The molecule has 2 amide bonds. The zero-order valence-corrected chi connectivity index (χ0v) is 16.3. The summed E-state index contributed by atoms with van der Waals surface area (Å²) in [6.45, 7) is 1.73. The predicted molar refractivity (Wildman–Crippen MR) is 107 cm³/mol. The molecular formula is C19H14N6O4S. The van der Waals surface area contributed by atoms with Crippen molar-refractivity contribution in [2.24, 2.45) is 0 Å². The summed E-state index contributed by atoms with van der Waals surface area (Å²) in [5, 5.41) is 19.8. The number of hydrogen-bond acceptors (Lipinski definition) is 7. The first kappa shape index (κ1) is 18.3. The fraction of sp³-hybridized carbons (Fsp3) is 0.158. The minimum absolute atomic E-state index is 0.312. The Kier molecular flexibility index (Phi) is 4.07. The van der Waals surface area contributed by atoms with Crippen LogP contribution in [-0.2, 0) is 4.79 Å². The third kappa shape index (κ3) is 2.66. The van der Waals surface area contributed by atoms with Crippen LogP contribution in [0.15, 0.2) is 52.7 Å². The third-order valence-electron chi connectivity index (χ3n) is 5.03. The fourth-order valence-corrected chi connectivity index (χ4v) is 4.87. The normalized spacial score (nSPS) is 19.4. The molecule has 2 unspecified atom stereocenters. The van der Waals surface area contributed by atoms with Crippen molar-refractivity contribution in [1.29, 1.82) is 0 Å². The van der Waals surface area contributed by atoms with E-state index in [1.54, 1.807) is 31.3 Å². The van der Waals surface area contributed by atoms with E-state index in [2.05, 4.69) is 20.5 Å². The van der Waals surface area contributed by atoms with Crippen molar-refractivity contribution in [2.75, 3.05) is 4.90 Å². The monoisotopic (exact) mass is 422 g/mol. The van der Waals surface area contributed by atoms with Crippen LogP contribution in [0, 0.1) is 6.92 Å². The van der Waals surface area contributed by atoms with Gasteiger partial charge in [-0.2, -0.15) is 5.10 Å². The molecule has 0 aromatic carbocycles. The number of hydrogen-bond donors (Lipinski definition) is 2. The molecule has 0 saturated heterocycles. The number of aromatic nitrogens is 4. The van der Waals surface area contributed by atoms with E-state index in [0.717, 1.165) is 11.8 Å². The Morgan fingerprint density at radius 1 is 1.23 bits per heavy atom. The SMILES string of the molecule is Cc1cc(=O)n(-c2cccnn2)cc1N1C(=O)NC2c3c1ccnc3SC2C(=O)O. The maximum atomic E-state index is 13.1. The summed E-state index contributed by atoms with van der Waals surface area (Å²) in [7, 11) is 0. The van der Waals surface area contributed by atoms with Crippen molar-refractivity contribution < 1.29 is 14.7 Å². The summed E-state index contributed by atoms with van der Waals surface area (Å²) in [5.41, 5.74) is 1.94. The first-order valence-corrected chi connectivity index (χ1v) is 9.84. The molecule has 3 aromatic rings. The number of nitrogens with one attached hydrogen (secondary N) is 1. The van der Waals surface area contributed by atoms with Gasteiger partial charge in [-0.25, -0.2) is 9.78 Å². The molecular weight excluding hydrogens is 408 g/mol. The van der Waals surface area contributed by atoms with Gasteiger partial charge in [0, 0.05) is 30.2 Å². The maximum absolute atomic E-state index is 13.1. The summed E-state index contributed by atoms with van der Waals surface area (Å²) < 4.78 is 1.31. The van der Waals surface area contributed by atoms with Crippen LogP contribution in [-0.4, -0.2) is 42.1 Å². The number of anilines is 2. The number of nitrogens with zero attached hydrogens (tertiary/aromatic N) is 5. The number of amides is 2. The summed E-state index contributed by atoms with van der Waals surface area (Å²) >= 11 is 1.11. The molecule has 2 atom stereocenters. The number of urea groups is 1. The minimum Gasteiger partial charge on any atom is -0.480 e. The van der Waals surface area contributed by atoms with Gasteiger partial charge in [0.1, 0.15) is 10.3 Å². The molecule has 11 heteroatoms. The third-order valence-corrected chi connectivity index (χ3v) is 6.30. The summed E-state index contributed by atoms with van der Waals surface area (Å²) in [6.07, 6.45) is 4.58. The molecule has 2 N–H and O–H groups in total. The summed E-state index contributed by atoms with van der Waals surface area (Å²) in [5.74, 6) is -0.699. The molecule has 5 heterocycles. The smallest absolute Gasteiger partial charge is 0.327 e. The topological polar surface area (TPSA) is 130 Å². The molecule has 0 spiro atoms. The van der Waals surface area contributed by atoms with Crippen LogP contribution in [0.1, 0.15) is 17.2 Å². The molecule has 0 radical (unpaired) electrons. The van der Waals surface area contributed by atoms with Gasteiger partial charge in [-0.15, -0.1) is 5.10 Å². The number of carboxylic acid groups (broad SMARTS) is 1. The lowest BCUT2D eigenvalue weighted by atomic mass is 10.00. The van der Waals surface area contributed by atoms with Crippen molar-refractivity contribution >= 4 is 35.1 Å². The van der Waals surface area contributed by atoms with Crippen molar-refractivity contribution in [3.8, 4) is 5.82 Å². The Morgan fingerprint density at radius 3 is 2.80 bits per heavy atom. The number of rotatable bonds is 3. The van der Waals surface area contributed by atoms with Crippen LogP contribution in [0.25, 0.3) is 5.82 Å². The fourth-order valence-electron chi connectivity index (χ4n) is 3.70. The molecule has 2 aliphatic heterocycles. The Labute approximate surface area is 173 Å². The average Bonchev–Trinajstić information content (AvgIpc) is 3.10.